The molecule has 0 aromatic rings. The van der Waals surface area contributed by atoms with Gasteiger partial charge >= 0.3 is 11.9 Å². The van der Waals surface area contributed by atoms with E-state index < -0.39 is 17.7 Å². The predicted octanol–water partition coefficient (Wildman–Crippen LogP) is 1.56. The van der Waals surface area contributed by atoms with Crippen LogP contribution in [0.2, 0.25) is 0 Å². The minimum absolute atomic E-state index is 0.000145. The van der Waals surface area contributed by atoms with E-state index in [1.165, 1.54) is 0 Å². The number of cyclic esters (lactones) is 2. The largest absolute Gasteiger partial charge is 0.465 e. The summed E-state index contributed by atoms with van der Waals surface area (Å²) in [6.45, 7) is 4.37. The van der Waals surface area contributed by atoms with Crippen molar-refractivity contribution >= 4 is 11.9 Å². The SMILES string of the molecule is CC1(C)O[C@H]2CCCOC(=O)CC(=O)OCCC[C@@H]2O1. The highest BCUT2D eigenvalue weighted by molar-refractivity contribution is 5.91. The fraction of sp³-hybridized carbons (Fsp3) is 0.857. The summed E-state index contributed by atoms with van der Waals surface area (Å²) in [4.78, 5) is 22.7. The number of fused-ring (bicyclic) bond motifs is 1. The molecule has 0 N–H and O–H groups in total. The van der Waals surface area contributed by atoms with Crippen LogP contribution in [0.3, 0.4) is 0 Å². The molecule has 0 spiro atoms. The molecule has 6 nitrogen and oxygen atoms in total. The van der Waals surface area contributed by atoms with Crippen LogP contribution in [-0.2, 0) is 28.5 Å². The van der Waals surface area contributed by atoms with Crippen LogP contribution in [0.1, 0.15) is 46.0 Å². The second-order valence-electron chi connectivity index (χ2n) is 5.61. The minimum Gasteiger partial charge on any atom is -0.465 e. The van der Waals surface area contributed by atoms with Gasteiger partial charge in [0.1, 0.15) is 6.42 Å². The lowest BCUT2D eigenvalue weighted by Gasteiger charge is -2.16. The summed E-state index contributed by atoms with van der Waals surface area (Å²) < 4.78 is 21.7. The van der Waals surface area contributed by atoms with Crippen molar-refractivity contribution in [1.29, 1.82) is 0 Å². The summed E-state index contributed by atoms with van der Waals surface area (Å²) in [7, 11) is 0. The maximum Gasteiger partial charge on any atom is 0.317 e. The Balaban J connectivity index is 1.93. The second kappa shape index (κ2) is 6.54. The van der Waals surface area contributed by atoms with Gasteiger partial charge in [-0.3, -0.25) is 9.59 Å². The van der Waals surface area contributed by atoms with Crippen molar-refractivity contribution in [3.05, 3.63) is 0 Å². The normalized spacial score (nSPS) is 32.1. The molecule has 0 amide bonds. The van der Waals surface area contributed by atoms with E-state index in [-0.39, 0.29) is 18.6 Å². The molecule has 0 unspecified atom stereocenters. The molecule has 2 saturated heterocycles. The van der Waals surface area contributed by atoms with Gasteiger partial charge in [-0.05, 0) is 39.5 Å². The summed E-state index contributed by atoms with van der Waals surface area (Å²) in [6, 6.07) is 0. The van der Waals surface area contributed by atoms with Gasteiger partial charge in [0, 0.05) is 0 Å². The molecule has 2 rings (SSSR count). The highest BCUT2D eigenvalue weighted by Crippen LogP contribution is 2.32. The molecule has 0 aliphatic carbocycles. The van der Waals surface area contributed by atoms with Crippen LogP contribution in [0, 0.1) is 0 Å². The lowest BCUT2D eigenvalue weighted by Crippen LogP contribution is -2.23. The summed E-state index contributed by atoms with van der Waals surface area (Å²) in [5.74, 6) is -1.65. The van der Waals surface area contributed by atoms with Gasteiger partial charge in [-0.1, -0.05) is 0 Å². The van der Waals surface area contributed by atoms with Gasteiger partial charge in [0.25, 0.3) is 0 Å². The number of rotatable bonds is 0. The third-order valence-corrected chi connectivity index (χ3v) is 3.37. The molecule has 0 aromatic carbocycles. The maximum absolute atomic E-state index is 11.3. The first kappa shape index (κ1) is 15.3. The fourth-order valence-corrected chi connectivity index (χ4v) is 2.56. The molecule has 2 aliphatic rings. The average molecular weight is 286 g/mol. The van der Waals surface area contributed by atoms with E-state index in [0.717, 1.165) is 12.8 Å². The van der Waals surface area contributed by atoms with Crippen LogP contribution < -0.4 is 0 Å². The molecule has 114 valence electrons. The Morgan fingerprint density at radius 1 is 0.900 bits per heavy atom. The van der Waals surface area contributed by atoms with Crippen molar-refractivity contribution in [3.63, 3.8) is 0 Å². The number of hydrogen-bond acceptors (Lipinski definition) is 6. The molecule has 20 heavy (non-hydrogen) atoms. The highest BCUT2D eigenvalue weighted by atomic mass is 16.7. The molecule has 0 aromatic heterocycles. The number of ether oxygens (including phenoxy) is 4. The van der Waals surface area contributed by atoms with Gasteiger partial charge < -0.3 is 18.9 Å². The quantitative estimate of drug-likeness (QED) is 0.497. The predicted molar refractivity (Wildman–Crippen MR) is 68.8 cm³/mol. The second-order valence-corrected chi connectivity index (χ2v) is 5.61. The first-order valence-corrected chi connectivity index (χ1v) is 7.13. The van der Waals surface area contributed by atoms with Gasteiger partial charge in [0.15, 0.2) is 5.79 Å². The Morgan fingerprint density at radius 2 is 1.35 bits per heavy atom. The van der Waals surface area contributed by atoms with Crippen molar-refractivity contribution < 1.29 is 28.5 Å². The fourth-order valence-electron chi connectivity index (χ4n) is 2.56. The topological polar surface area (TPSA) is 71.1 Å². The van der Waals surface area contributed by atoms with E-state index in [2.05, 4.69) is 0 Å². The summed E-state index contributed by atoms with van der Waals surface area (Å²) in [6.07, 6.45) is 2.63. The van der Waals surface area contributed by atoms with Crippen molar-refractivity contribution in [2.75, 3.05) is 13.2 Å². The molecule has 0 bridgehead atoms. The third kappa shape index (κ3) is 4.45. The summed E-state index contributed by atoms with van der Waals surface area (Å²) in [5, 5.41) is 0. The van der Waals surface area contributed by atoms with Gasteiger partial charge in [0.2, 0.25) is 0 Å². The number of carbonyl (C=O) groups excluding carboxylic acids is 2. The van der Waals surface area contributed by atoms with E-state index in [1.807, 2.05) is 13.8 Å². The molecule has 2 aliphatic heterocycles. The number of carbonyl (C=O) groups is 2. The number of hydrogen-bond donors (Lipinski definition) is 0. The first-order valence-electron chi connectivity index (χ1n) is 7.13. The van der Waals surface area contributed by atoms with E-state index in [1.54, 1.807) is 0 Å². The maximum atomic E-state index is 11.3. The lowest BCUT2D eigenvalue weighted by molar-refractivity contribution is -0.156. The Bertz CT molecular complexity index is 333. The molecule has 2 atom stereocenters. The Labute approximate surface area is 118 Å². The minimum atomic E-state index is -0.584. The van der Waals surface area contributed by atoms with Crippen molar-refractivity contribution in [2.45, 2.75) is 63.9 Å². The first-order chi connectivity index (χ1) is 9.46. The van der Waals surface area contributed by atoms with Crippen LogP contribution in [-0.4, -0.2) is 43.1 Å². The monoisotopic (exact) mass is 286 g/mol. The van der Waals surface area contributed by atoms with E-state index in [0.29, 0.717) is 26.1 Å². The summed E-state index contributed by atoms with van der Waals surface area (Å²) >= 11 is 0. The average Bonchev–Trinajstić information content (AvgIpc) is 2.64. The zero-order valence-electron chi connectivity index (χ0n) is 12.1. The van der Waals surface area contributed by atoms with Gasteiger partial charge in [-0.25, -0.2) is 0 Å². The Morgan fingerprint density at radius 3 is 1.80 bits per heavy atom. The standard InChI is InChI=1S/C14H22O6/c1-14(2)19-10-5-3-7-17-12(15)9-13(16)18-8-4-6-11(10)20-14/h10-11H,3-9H2,1-2H3/t10-,11-/m0/s1. The van der Waals surface area contributed by atoms with Crippen LogP contribution in [0.25, 0.3) is 0 Å². The smallest absolute Gasteiger partial charge is 0.317 e. The van der Waals surface area contributed by atoms with Gasteiger partial charge in [-0.15, -0.1) is 0 Å². The Kier molecular flexibility index (Phi) is 4.99. The molecule has 2 heterocycles. The van der Waals surface area contributed by atoms with E-state index >= 15 is 0 Å². The lowest BCUT2D eigenvalue weighted by atomic mass is 10.0. The summed E-state index contributed by atoms with van der Waals surface area (Å²) in [5.41, 5.74) is 0. The molecule has 0 radical (unpaired) electrons. The van der Waals surface area contributed by atoms with Gasteiger partial charge in [-0.2, -0.15) is 0 Å². The molecular weight excluding hydrogens is 264 g/mol. The van der Waals surface area contributed by atoms with Crippen molar-refractivity contribution in [3.8, 4) is 0 Å². The van der Waals surface area contributed by atoms with E-state index in [9.17, 15) is 9.59 Å². The molecule has 2 fully saturated rings. The van der Waals surface area contributed by atoms with Crippen molar-refractivity contribution in [1.82, 2.24) is 0 Å². The van der Waals surface area contributed by atoms with Crippen LogP contribution in [0.4, 0.5) is 0 Å². The third-order valence-electron chi connectivity index (χ3n) is 3.37. The highest BCUT2D eigenvalue weighted by Gasteiger charge is 2.40. The van der Waals surface area contributed by atoms with Crippen LogP contribution in [0.15, 0.2) is 0 Å². The molecule has 0 saturated carbocycles. The zero-order chi connectivity index (χ0) is 14.6. The van der Waals surface area contributed by atoms with E-state index in [4.69, 9.17) is 18.9 Å². The van der Waals surface area contributed by atoms with Crippen molar-refractivity contribution in [2.24, 2.45) is 0 Å². The Hall–Kier alpha value is -1.14. The zero-order valence-corrected chi connectivity index (χ0v) is 12.1. The number of esters is 2. The van der Waals surface area contributed by atoms with Crippen LogP contribution >= 0.6 is 0 Å². The molecular formula is C14H22O6. The molecule has 6 heteroatoms. The van der Waals surface area contributed by atoms with Gasteiger partial charge in [0.05, 0.1) is 25.4 Å². The van der Waals surface area contributed by atoms with Crippen LogP contribution in [0.5, 0.6) is 0 Å².